The van der Waals surface area contributed by atoms with E-state index in [9.17, 15) is 4.79 Å². The summed E-state index contributed by atoms with van der Waals surface area (Å²) < 4.78 is 70.9. The number of hydrogen-bond donors (Lipinski definition) is 0. The lowest BCUT2D eigenvalue weighted by atomic mass is 10.2. The van der Waals surface area contributed by atoms with Crippen LogP contribution in [0.4, 0.5) is 5.69 Å². The molecule has 0 aliphatic carbocycles. The lowest BCUT2D eigenvalue weighted by Crippen LogP contribution is -2.46. The van der Waals surface area contributed by atoms with Crippen molar-refractivity contribution >= 4 is 17.3 Å². The van der Waals surface area contributed by atoms with Crippen molar-refractivity contribution in [3.8, 4) is 0 Å². The van der Waals surface area contributed by atoms with E-state index in [2.05, 4.69) is 5.10 Å². The van der Waals surface area contributed by atoms with E-state index in [1.54, 1.807) is 0 Å². The van der Waals surface area contributed by atoms with E-state index in [4.69, 9.17) is 22.6 Å². The molecular formula is C19H28ClN5O. The van der Waals surface area contributed by atoms with Crippen molar-refractivity contribution in [3.05, 3.63) is 45.6 Å². The molecule has 0 saturated carbocycles. The Kier molecular flexibility index (Phi) is 3.74. The second-order valence-corrected chi connectivity index (χ2v) is 6.22. The molecule has 1 aliphatic rings. The molecule has 0 N–H and O–H groups in total. The number of anilines is 1. The Hall–Kier alpha value is -1.79. The number of halogens is 1. The van der Waals surface area contributed by atoms with Gasteiger partial charge in [-0.15, -0.1) is 0 Å². The Balaban J connectivity index is 1.94. The van der Waals surface area contributed by atoms with Gasteiger partial charge in [-0.05, 0) is 31.5 Å². The fourth-order valence-corrected chi connectivity index (χ4v) is 2.91. The molecule has 0 spiro atoms. The van der Waals surface area contributed by atoms with Crippen LogP contribution in [0.15, 0.2) is 29.1 Å². The SMILES string of the molecule is [2H]C1([2H])N(CCCn2nc(CC)n(CC)c2=O)C([2H])([2H])C([2H])([2H])N(c2cccc(Cl)c2)C1([2H])[2H]. The van der Waals surface area contributed by atoms with Gasteiger partial charge in [0.05, 0.1) is 5.48 Å². The van der Waals surface area contributed by atoms with Crippen LogP contribution >= 0.6 is 11.6 Å². The Morgan fingerprint density at radius 2 is 1.96 bits per heavy atom. The summed E-state index contributed by atoms with van der Waals surface area (Å²) in [6.07, 6.45) is 0.596. The van der Waals surface area contributed by atoms with Crippen LogP contribution in [-0.4, -0.2) is 51.8 Å². The quantitative estimate of drug-likeness (QED) is 0.734. The Bertz CT molecular complexity index is 1070. The zero-order valence-corrected chi connectivity index (χ0v) is 15.6. The van der Waals surface area contributed by atoms with Gasteiger partial charge >= 0.3 is 5.69 Å². The average Bonchev–Trinajstić information content (AvgIpc) is 3.04. The van der Waals surface area contributed by atoms with Crippen molar-refractivity contribution < 1.29 is 11.0 Å². The van der Waals surface area contributed by atoms with Gasteiger partial charge in [-0.1, -0.05) is 24.6 Å². The van der Waals surface area contributed by atoms with Gasteiger partial charge in [0, 0.05) is 68.2 Å². The lowest BCUT2D eigenvalue weighted by Gasteiger charge is -2.36. The van der Waals surface area contributed by atoms with Crippen LogP contribution in [0.3, 0.4) is 0 Å². The average molecular weight is 386 g/mol. The Morgan fingerprint density at radius 1 is 1.19 bits per heavy atom. The highest BCUT2D eigenvalue weighted by Crippen LogP contribution is 2.20. The van der Waals surface area contributed by atoms with Gasteiger partial charge in [0.25, 0.3) is 0 Å². The number of hydrogen-bond acceptors (Lipinski definition) is 4. The third-order valence-electron chi connectivity index (χ3n) is 4.04. The lowest BCUT2D eigenvalue weighted by molar-refractivity contribution is 0.248. The summed E-state index contributed by atoms with van der Waals surface area (Å²) >= 11 is 5.99. The van der Waals surface area contributed by atoms with Gasteiger partial charge in [0.2, 0.25) is 0 Å². The largest absolute Gasteiger partial charge is 0.369 e. The molecule has 1 aromatic heterocycles. The summed E-state index contributed by atoms with van der Waals surface area (Å²) in [5.74, 6) is 0.598. The molecule has 142 valence electrons. The fourth-order valence-electron chi connectivity index (χ4n) is 2.72. The molecule has 0 atom stereocenters. The first-order valence-electron chi connectivity index (χ1n) is 12.6. The second-order valence-electron chi connectivity index (χ2n) is 5.79. The second kappa shape index (κ2) is 8.73. The van der Waals surface area contributed by atoms with E-state index in [1.165, 1.54) is 33.5 Å². The van der Waals surface area contributed by atoms with E-state index < -0.39 is 26.0 Å². The first-order chi connectivity index (χ1) is 15.6. The highest BCUT2D eigenvalue weighted by molar-refractivity contribution is 6.30. The monoisotopic (exact) mass is 385 g/mol. The van der Waals surface area contributed by atoms with Crippen LogP contribution in [0.2, 0.25) is 5.02 Å². The van der Waals surface area contributed by atoms with Crippen LogP contribution < -0.4 is 10.6 Å². The van der Waals surface area contributed by atoms with Crippen molar-refractivity contribution in [3.63, 3.8) is 0 Å². The van der Waals surface area contributed by atoms with Gasteiger partial charge in [-0.3, -0.25) is 9.47 Å². The minimum absolute atomic E-state index is 0.0471. The molecule has 26 heavy (non-hydrogen) atoms. The topological polar surface area (TPSA) is 46.3 Å². The molecule has 7 heteroatoms. The number of benzene rings is 1. The molecule has 2 heterocycles. The maximum absolute atomic E-state index is 12.5. The van der Waals surface area contributed by atoms with Crippen LogP contribution in [0.5, 0.6) is 0 Å². The van der Waals surface area contributed by atoms with E-state index in [0.717, 1.165) is 0 Å². The summed E-state index contributed by atoms with van der Waals surface area (Å²) in [4.78, 5) is 13.5. The summed E-state index contributed by atoms with van der Waals surface area (Å²) in [6.45, 7) is -7.99. The summed E-state index contributed by atoms with van der Waals surface area (Å²) in [6, 6.07) is 5.58. The maximum atomic E-state index is 12.5. The van der Waals surface area contributed by atoms with E-state index in [0.29, 0.717) is 28.6 Å². The third-order valence-corrected chi connectivity index (χ3v) is 4.28. The van der Waals surface area contributed by atoms with Gasteiger partial charge in [0.1, 0.15) is 5.82 Å². The Labute approximate surface area is 171 Å². The molecular weight excluding hydrogens is 350 g/mol. The van der Waals surface area contributed by atoms with Crippen molar-refractivity contribution in [1.82, 2.24) is 19.2 Å². The molecule has 3 rings (SSSR count). The van der Waals surface area contributed by atoms with Gasteiger partial charge in [-0.2, -0.15) is 5.10 Å². The van der Waals surface area contributed by atoms with Gasteiger partial charge in [-0.25, -0.2) is 9.48 Å². The number of aryl methyl sites for hydroxylation is 2. The van der Waals surface area contributed by atoms with Crippen molar-refractivity contribution in [2.24, 2.45) is 0 Å². The summed E-state index contributed by atoms with van der Waals surface area (Å²) in [7, 11) is 0. The molecule has 6 nitrogen and oxygen atoms in total. The highest BCUT2D eigenvalue weighted by atomic mass is 35.5. The summed E-state index contributed by atoms with van der Waals surface area (Å²) in [5, 5.41) is 4.44. The molecule has 0 unspecified atom stereocenters. The molecule has 1 saturated heterocycles. The van der Waals surface area contributed by atoms with Crippen LogP contribution in [0, 0.1) is 0 Å². The standard InChI is InChI=1S/C19H28ClN5O/c1-3-18-21-25(19(26)24(18)4-2)10-6-9-22-11-13-23(14-12-22)17-8-5-7-16(20)15-17/h5,7-8,15H,3-4,6,9-14H2,1-2H3/i11D2,12D2,13D2,14D2. The first kappa shape index (κ1) is 11.1. The maximum Gasteiger partial charge on any atom is 0.345 e. The summed E-state index contributed by atoms with van der Waals surface area (Å²) in [5.41, 5.74) is -0.416. The molecule has 1 fully saturated rings. The molecule has 1 aromatic carbocycles. The fraction of sp³-hybridized carbons (Fsp3) is 0.579. The van der Waals surface area contributed by atoms with E-state index >= 15 is 0 Å². The zero-order valence-electron chi connectivity index (χ0n) is 22.9. The Morgan fingerprint density at radius 3 is 2.58 bits per heavy atom. The third kappa shape index (κ3) is 4.30. The number of nitrogens with zero attached hydrogens (tertiary/aromatic N) is 5. The molecule has 1 aliphatic heterocycles. The predicted molar refractivity (Wildman–Crippen MR) is 106 cm³/mol. The van der Waals surface area contributed by atoms with Crippen LogP contribution in [0.1, 0.15) is 37.1 Å². The normalized spacial score (nSPS) is 27.9. The zero-order chi connectivity index (χ0) is 25.7. The molecule has 0 radical (unpaired) electrons. The van der Waals surface area contributed by atoms with E-state index in [1.807, 2.05) is 13.8 Å². The predicted octanol–water partition coefficient (Wildman–Crippen LogP) is 2.49. The number of piperazine rings is 1. The minimum Gasteiger partial charge on any atom is -0.369 e. The molecule has 0 bridgehead atoms. The number of aromatic nitrogens is 3. The van der Waals surface area contributed by atoms with Crippen molar-refractivity contribution in [2.75, 3.05) is 37.4 Å². The van der Waals surface area contributed by atoms with Gasteiger partial charge in [0.15, 0.2) is 0 Å². The smallest absolute Gasteiger partial charge is 0.345 e. The van der Waals surface area contributed by atoms with Gasteiger partial charge < -0.3 is 4.90 Å². The number of rotatable bonds is 7. The minimum atomic E-state index is -2.97. The van der Waals surface area contributed by atoms with Crippen molar-refractivity contribution in [2.45, 2.75) is 39.8 Å². The van der Waals surface area contributed by atoms with E-state index in [-0.39, 0.29) is 35.9 Å². The molecule has 0 amide bonds. The molecule has 2 aromatic rings. The van der Waals surface area contributed by atoms with Crippen molar-refractivity contribution in [1.29, 1.82) is 0 Å². The van der Waals surface area contributed by atoms with Crippen LogP contribution in [0.25, 0.3) is 0 Å². The highest BCUT2D eigenvalue weighted by Gasteiger charge is 2.17. The first-order valence-corrected chi connectivity index (χ1v) is 9.02. The van der Waals surface area contributed by atoms with Crippen LogP contribution in [-0.2, 0) is 19.5 Å².